The van der Waals surface area contributed by atoms with Crippen LogP contribution < -0.4 is 5.32 Å². The van der Waals surface area contributed by atoms with Crippen molar-refractivity contribution < 1.29 is 4.74 Å². The molecule has 90 valence electrons. The molecule has 0 heterocycles. The topological polar surface area (TPSA) is 21.3 Å². The first-order valence-electron chi connectivity index (χ1n) is 6.60. The van der Waals surface area contributed by atoms with E-state index in [0.717, 1.165) is 18.6 Å². The van der Waals surface area contributed by atoms with E-state index in [1.807, 2.05) is 0 Å². The van der Waals surface area contributed by atoms with Gasteiger partial charge < -0.3 is 10.1 Å². The van der Waals surface area contributed by atoms with Gasteiger partial charge in [0.25, 0.3) is 0 Å². The Morgan fingerprint density at radius 3 is 2.87 bits per heavy atom. The minimum Gasteiger partial charge on any atom is -0.385 e. The molecule has 2 nitrogen and oxygen atoms in total. The van der Waals surface area contributed by atoms with E-state index >= 15 is 0 Å². The first kappa shape index (κ1) is 13.0. The minimum atomic E-state index is 0.812. The molecule has 0 aliphatic heterocycles. The summed E-state index contributed by atoms with van der Waals surface area (Å²) in [4.78, 5) is 0. The largest absolute Gasteiger partial charge is 0.385 e. The predicted molar refractivity (Wildman–Crippen MR) is 65.1 cm³/mol. The lowest BCUT2D eigenvalue weighted by Gasteiger charge is -2.20. The van der Waals surface area contributed by atoms with Gasteiger partial charge in [-0.3, -0.25) is 0 Å². The lowest BCUT2D eigenvalue weighted by Crippen LogP contribution is -2.32. The van der Waals surface area contributed by atoms with Gasteiger partial charge in [-0.05, 0) is 44.6 Å². The Balaban J connectivity index is 2.09. The highest BCUT2D eigenvalue weighted by Gasteiger charge is 2.25. The molecule has 1 aliphatic rings. The maximum absolute atomic E-state index is 5.08. The summed E-state index contributed by atoms with van der Waals surface area (Å²) in [5.74, 6) is 0.938. The van der Waals surface area contributed by atoms with Gasteiger partial charge in [0.1, 0.15) is 0 Å². The molecule has 0 aromatic carbocycles. The molecule has 0 amide bonds. The van der Waals surface area contributed by atoms with Crippen LogP contribution in [0.25, 0.3) is 0 Å². The third kappa shape index (κ3) is 4.98. The van der Waals surface area contributed by atoms with Crippen molar-refractivity contribution in [2.24, 2.45) is 5.92 Å². The summed E-state index contributed by atoms with van der Waals surface area (Å²) < 4.78 is 5.08. The zero-order chi connectivity index (χ0) is 10.9. The summed E-state index contributed by atoms with van der Waals surface area (Å²) in [7, 11) is 1.79. The summed E-state index contributed by atoms with van der Waals surface area (Å²) in [6, 6.07) is 0.812. The molecule has 0 aromatic rings. The number of methoxy groups -OCH3 is 1. The first-order valence-corrected chi connectivity index (χ1v) is 6.60. The normalized spacial score (nSPS) is 26.0. The minimum absolute atomic E-state index is 0.812. The van der Waals surface area contributed by atoms with Crippen LogP contribution in [0.3, 0.4) is 0 Å². The summed E-state index contributed by atoms with van der Waals surface area (Å²) in [6.07, 6.45) is 9.48. The van der Waals surface area contributed by atoms with Gasteiger partial charge in [0.05, 0.1) is 0 Å². The van der Waals surface area contributed by atoms with Crippen molar-refractivity contribution in [2.75, 3.05) is 20.3 Å². The van der Waals surface area contributed by atoms with E-state index in [1.165, 1.54) is 51.5 Å². The maximum atomic E-state index is 5.08. The van der Waals surface area contributed by atoms with Crippen molar-refractivity contribution in [2.45, 2.75) is 57.9 Å². The molecular formula is C13H27NO. The highest BCUT2D eigenvalue weighted by Crippen LogP contribution is 2.29. The maximum Gasteiger partial charge on any atom is 0.0462 e. The Morgan fingerprint density at radius 1 is 1.27 bits per heavy atom. The highest BCUT2D eigenvalue weighted by molar-refractivity contribution is 4.82. The van der Waals surface area contributed by atoms with Gasteiger partial charge in [0, 0.05) is 19.8 Å². The van der Waals surface area contributed by atoms with Crippen LogP contribution in [0.2, 0.25) is 0 Å². The van der Waals surface area contributed by atoms with Gasteiger partial charge in [-0.25, -0.2) is 0 Å². The molecule has 2 atom stereocenters. The van der Waals surface area contributed by atoms with E-state index in [0.29, 0.717) is 0 Å². The fourth-order valence-electron chi connectivity index (χ4n) is 2.63. The smallest absolute Gasteiger partial charge is 0.0462 e. The lowest BCUT2D eigenvalue weighted by atomic mass is 9.96. The highest BCUT2D eigenvalue weighted by atomic mass is 16.5. The standard InChI is InChI=1S/C13H27NO/c1-3-10-14-13-9-6-8-12(13)7-4-5-11-15-2/h12-14H,3-11H2,1-2H3. The van der Waals surface area contributed by atoms with E-state index in [2.05, 4.69) is 12.2 Å². The molecule has 0 aromatic heterocycles. The Kier molecular flexibility index (Phi) is 7.03. The molecule has 0 saturated heterocycles. The van der Waals surface area contributed by atoms with Crippen LogP contribution in [0.5, 0.6) is 0 Å². The number of hydrogen-bond donors (Lipinski definition) is 1. The number of unbranched alkanes of at least 4 members (excludes halogenated alkanes) is 1. The monoisotopic (exact) mass is 213 g/mol. The van der Waals surface area contributed by atoms with E-state index in [-0.39, 0.29) is 0 Å². The van der Waals surface area contributed by atoms with Crippen molar-refractivity contribution in [3.05, 3.63) is 0 Å². The van der Waals surface area contributed by atoms with E-state index < -0.39 is 0 Å². The van der Waals surface area contributed by atoms with Crippen LogP contribution in [0.1, 0.15) is 51.9 Å². The fourth-order valence-corrected chi connectivity index (χ4v) is 2.63. The Bertz CT molecular complexity index is 149. The van der Waals surface area contributed by atoms with Crippen molar-refractivity contribution in [1.82, 2.24) is 5.32 Å². The van der Waals surface area contributed by atoms with Crippen LogP contribution >= 0.6 is 0 Å². The van der Waals surface area contributed by atoms with Crippen molar-refractivity contribution in [3.63, 3.8) is 0 Å². The molecular weight excluding hydrogens is 186 g/mol. The lowest BCUT2D eigenvalue weighted by molar-refractivity contribution is 0.189. The molecule has 1 N–H and O–H groups in total. The van der Waals surface area contributed by atoms with Crippen molar-refractivity contribution >= 4 is 0 Å². The van der Waals surface area contributed by atoms with Crippen LogP contribution in [0.4, 0.5) is 0 Å². The zero-order valence-electron chi connectivity index (χ0n) is 10.4. The average molecular weight is 213 g/mol. The molecule has 2 heteroatoms. The molecule has 0 spiro atoms. The predicted octanol–water partition coefficient (Wildman–Crippen LogP) is 2.97. The van der Waals surface area contributed by atoms with Gasteiger partial charge in [0.2, 0.25) is 0 Å². The number of ether oxygens (including phenoxy) is 1. The Morgan fingerprint density at radius 2 is 2.13 bits per heavy atom. The van der Waals surface area contributed by atoms with E-state index in [1.54, 1.807) is 7.11 Å². The van der Waals surface area contributed by atoms with Crippen LogP contribution in [-0.4, -0.2) is 26.3 Å². The molecule has 1 fully saturated rings. The molecule has 2 unspecified atom stereocenters. The number of rotatable bonds is 8. The van der Waals surface area contributed by atoms with E-state index in [4.69, 9.17) is 4.74 Å². The third-order valence-electron chi connectivity index (χ3n) is 3.49. The zero-order valence-corrected chi connectivity index (χ0v) is 10.4. The van der Waals surface area contributed by atoms with Gasteiger partial charge in [-0.2, -0.15) is 0 Å². The summed E-state index contributed by atoms with van der Waals surface area (Å²) in [5.41, 5.74) is 0. The van der Waals surface area contributed by atoms with Crippen LogP contribution in [0.15, 0.2) is 0 Å². The second-order valence-electron chi connectivity index (χ2n) is 4.74. The average Bonchev–Trinajstić information content (AvgIpc) is 2.69. The van der Waals surface area contributed by atoms with Gasteiger partial charge in [-0.1, -0.05) is 19.8 Å². The molecule has 1 rings (SSSR count). The second kappa shape index (κ2) is 8.12. The molecule has 0 bridgehead atoms. The molecule has 1 aliphatic carbocycles. The van der Waals surface area contributed by atoms with Crippen LogP contribution in [0, 0.1) is 5.92 Å². The van der Waals surface area contributed by atoms with E-state index in [9.17, 15) is 0 Å². The SMILES string of the molecule is CCCNC1CCCC1CCCCOC. The molecule has 0 radical (unpaired) electrons. The third-order valence-corrected chi connectivity index (χ3v) is 3.49. The van der Waals surface area contributed by atoms with Crippen LogP contribution in [-0.2, 0) is 4.74 Å². The Labute approximate surface area is 94.8 Å². The fraction of sp³-hybridized carbons (Fsp3) is 1.00. The van der Waals surface area contributed by atoms with Crippen molar-refractivity contribution in [3.8, 4) is 0 Å². The quantitative estimate of drug-likeness (QED) is 0.626. The molecule has 1 saturated carbocycles. The number of hydrogen-bond acceptors (Lipinski definition) is 2. The van der Waals surface area contributed by atoms with Gasteiger partial charge in [-0.15, -0.1) is 0 Å². The van der Waals surface area contributed by atoms with Gasteiger partial charge >= 0.3 is 0 Å². The second-order valence-corrected chi connectivity index (χ2v) is 4.74. The molecule has 15 heavy (non-hydrogen) atoms. The van der Waals surface area contributed by atoms with Crippen molar-refractivity contribution in [1.29, 1.82) is 0 Å². The Hall–Kier alpha value is -0.0800. The summed E-state index contributed by atoms with van der Waals surface area (Å²) in [6.45, 7) is 4.37. The summed E-state index contributed by atoms with van der Waals surface area (Å²) in [5, 5.41) is 3.69. The first-order chi connectivity index (χ1) is 7.38. The summed E-state index contributed by atoms with van der Waals surface area (Å²) >= 11 is 0. The van der Waals surface area contributed by atoms with Gasteiger partial charge in [0.15, 0.2) is 0 Å². The number of nitrogens with one attached hydrogen (secondary N) is 1.